The Morgan fingerprint density at radius 2 is 2.00 bits per heavy atom. The van der Waals surface area contributed by atoms with E-state index in [2.05, 4.69) is 44.2 Å². The lowest BCUT2D eigenvalue weighted by Gasteiger charge is -2.06. The molecule has 82 valence electrons. The summed E-state index contributed by atoms with van der Waals surface area (Å²) in [6, 6.07) is 8.52. The number of hydrogen-bond acceptors (Lipinski definition) is 1. The SMILES string of the molecule is CC(C)c1cccc(/C=C/[C@H](C)CO)c1. The molecule has 0 spiro atoms. The van der Waals surface area contributed by atoms with Gasteiger partial charge in [-0.3, -0.25) is 0 Å². The second-order valence-corrected chi connectivity index (χ2v) is 4.34. The zero-order chi connectivity index (χ0) is 11.3. The van der Waals surface area contributed by atoms with Crippen LogP contribution in [0.25, 0.3) is 6.08 Å². The summed E-state index contributed by atoms with van der Waals surface area (Å²) in [5, 5.41) is 8.90. The van der Waals surface area contributed by atoms with Gasteiger partial charge in [-0.15, -0.1) is 0 Å². The number of benzene rings is 1. The first kappa shape index (κ1) is 12.0. The van der Waals surface area contributed by atoms with Crippen LogP contribution in [-0.2, 0) is 0 Å². The van der Waals surface area contributed by atoms with Crippen LogP contribution in [0, 0.1) is 5.92 Å². The summed E-state index contributed by atoms with van der Waals surface area (Å²) in [4.78, 5) is 0. The molecule has 0 aliphatic rings. The molecular weight excluding hydrogens is 184 g/mol. The number of rotatable bonds is 4. The summed E-state index contributed by atoms with van der Waals surface area (Å²) in [6.07, 6.45) is 4.12. The highest BCUT2D eigenvalue weighted by Crippen LogP contribution is 2.16. The molecule has 1 heteroatoms. The van der Waals surface area contributed by atoms with E-state index in [1.807, 2.05) is 13.0 Å². The molecule has 0 fully saturated rings. The third-order valence-electron chi connectivity index (χ3n) is 2.48. The third-order valence-corrected chi connectivity index (χ3v) is 2.48. The molecule has 0 saturated heterocycles. The molecule has 15 heavy (non-hydrogen) atoms. The average molecular weight is 204 g/mol. The Kier molecular flexibility index (Phi) is 4.57. The van der Waals surface area contributed by atoms with Crippen LogP contribution >= 0.6 is 0 Å². The number of hydrogen-bond donors (Lipinski definition) is 1. The van der Waals surface area contributed by atoms with Crippen LogP contribution in [0.1, 0.15) is 37.8 Å². The molecule has 1 rings (SSSR count). The van der Waals surface area contributed by atoms with Gasteiger partial charge in [-0.05, 0) is 23.0 Å². The summed E-state index contributed by atoms with van der Waals surface area (Å²) in [6.45, 7) is 6.60. The monoisotopic (exact) mass is 204 g/mol. The van der Waals surface area contributed by atoms with Gasteiger partial charge in [0.05, 0.1) is 0 Å². The zero-order valence-electron chi connectivity index (χ0n) is 9.77. The molecule has 1 N–H and O–H groups in total. The minimum absolute atomic E-state index is 0.209. The van der Waals surface area contributed by atoms with Crippen LogP contribution in [0.2, 0.25) is 0 Å². The van der Waals surface area contributed by atoms with E-state index >= 15 is 0 Å². The van der Waals surface area contributed by atoms with E-state index < -0.39 is 0 Å². The van der Waals surface area contributed by atoms with Crippen molar-refractivity contribution >= 4 is 6.08 Å². The van der Waals surface area contributed by atoms with Gasteiger partial charge in [-0.25, -0.2) is 0 Å². The maximum absolute atomic E-state index is 8.90. The number of aliphatic hydroxyl groups is 1. The molecule has 1 aromatic rings. The Morgan fingerprint density at radius 1 is 1.27 bits per heavy atom. The van der Waals surface area contributed by atoms with Crippen LogP contribution in [-0.4, -0.2) is 11.7 Å². The van der Waals surface area contributed by atoms with E-state index in [-0.39, 0.29) is 12.5 Å². The minimum Gasteiger partial charge on any atom is -0.396 e. The van der Waals surface area contributed by atoms with Gasteiger partial charge in [-0.1, -0.05) is 57.2 Å². The maximum atomic E-state index is 8.90. The Morgan fingerprint density at radius 3 is 2.60 bits per heavy atom. The van der Waals surface area contributed by atoms with Crippen LogP contribution in [0.5, 0.6) is 0 Å². The zero-order valence-corrected chi connectivity index (χ0v) is 9.77. The maximum Gasteiger partial charge on any atom is 0.0491 e. The van der Waals surface area contributed by atoms with Crippen LogP contribution in [0.15, 0.2) is 30.3 Å². The Labute approximate surface area is 92.5 Å². The number of aliphatic hydroxyl groups excluding tert-OH is 1. The highest BCUT2D eigenvalue weighted by molar-refractivity contribution is 5.50. The first-order valence-electron chi connectivity index (χ1n) is 5.52. The Bertz CT molecular complexity index is 326. The van der Waals surface area contributed by atoms with Crippen molar-refractivity contribution in [2.45, 2.75) is 26.7 Å². The van der Waals surface area contributed by atoms with Crippen molar-refractivity contribution in [3.8, 4) is 0 Å². The van der Waals surface area contributed by atoms with Gasteiger partial charge >= 0.3 is 0 Å². The van der Waals surface area contributed by atoms with Gasteiger partial charge in [-0.2, -0.15) is 0 Å². The average Bonchev–Trinajstić information content (AvgIpc) is 2.26. The van der Waals surface area contributed by atoms with Crippen molar-refractivity contribution in [1.29, 1.82) is 0 Å². The van der Waals surface area contributed by atoms with Crippen molar-refractivity contribution in [3.63, 3.8) is 0 Å². The molecule has 1 atom stereocenters. The summed E-state index contributed by atoms with van der Waals surface area (Å²) < 4.78 is 0. The Hall–Kier alpha value is -1.08. The highest BCUT2D eigenvalue weighted by Gasteiger charge is 1.98. The van der Waals surface area contributed by atoms with Crippen molar-refractivity contribution in [1.82, 2.24) is 0 Å². The first-order valence-corrected chi connectivity index (χ1v) is 5.52. The third kappa shape index (κ3) is 3.88. The molecule has 0 unspecified atom stereocenters. The van der Waals surface area contributed by atoms with Crippen molar-refractivity contribution in [2.75, 3.05) is 6.61 Å². The van der Waals surface area contributed by atoms with E-state index in [4.69, 9.17) is 5.11 Å². The van der Waals surface area contributed by atoms with Gasteiger partial charge in [0, 0.05) is 6.61 Å². The van der Waals surface area contributed by atoms with Gasteiger partial charge in [0.1, 0.15) is 0 Å². The van der Waals surface area contributed by atoms with Gasteiger partial charge < -0.3 is 5.11 Å². The van der Waals surface area contributed by atoms with E-state index in [0.717, 1.165) is 0 Å². The second kappa shape index (κ2) is 5.72. The largest absolute Gasteiger partial charge is 0.396 e. The Balaban J connectivity index is 2.78. The predicted molar refractivity (Wildman–Crippen MR) is 65.8 cm³/mol. The molecule has 0 aromatic heterocycles. The summed E-state index contributed by atoms with van der Waals surface area (Å²) in [7, 11) is 0. The highest BCUT2D eigenvalue weighted by atomic mass is 16.3. The molecule has 0 heterocycles. The molecule has 0 radical (unpaired) electrons. The van der Waals surface area contributed by atoms with Crippen molar-refractivity contribution < 1.29 is 5.11 Å². The lowest BCUT2D eigenvalue weighted by atomic mass is 10.0. The van der Waals surface area contributed by atoms with Gasteiger partial charge in [0.25, 0.3) is 0 Å². The second-order valence-electron chi connectivity index (χ2n) is 4.34. The van der Waals surface area contributed by atoms with E-state index in [0.29, 0.717) is 5.92 Å². The predicted octanol–water partition coefficient (Wildman–Crippen LogP) is 3.45. The molecular formula is C14H20O. The first-order chi connectivity index (χ1) is 7.13. The van der Waals surface area contributed by atoms with Gasteiger partial charge in [0.2, 0.25) is 0 Å². The topological polar surface area (TPSA) is 20.2 Å². The minimum atomic E-state index is 0.209. The van der Waals surface area contributed by atoms with Crippen LogP contribution in [0.3, 0.4) is 0 Å². The fourth-order valence-corrected chi connectivity index (χ4v) is 1.36. The van der Waals surface area contributed by atoms with Crippen LogP contribution < -0.4 is 0 Å². The van der Waals surface area contributed by atoms with E-state index in [9.17, 15) is 0 Å². The summed E-state index contributed by atoms with van der Waals surface area (Å²) >= 11 is 0. The van der Waals surface area contributed by atoms with Crippen molar-refractivity contribution in [3.05, 3.63) is 41.5 Å². The van der Waals surface area contributed by atoms with E-state index in [1.54, 1.807) is 0 Å². The quantitative estimate of drug-likeness (QED) is 0.796. The fraction of sp³-hybridized carbons (Fsp3) is 0.429. The van der Waals surface area contributed by atoms with Crippen molar-refractivity contribution in [2.24, 2.45) is 5.92 Å². The normalized spacial score (nSPS) is 13.7. The standard InChI is InChI=1S/C14H20O/c1-11(2)14-6-4-5-13(9-14)8-7-12(3)10-15/h4-9,11-12,15H,10H2,1-3H3/b8-7+/t12-/m0/s1. The smallest absolute Gasteiger partial charge is 0.0491 e. The lowest BCUT2D eigenvalue weighted by molar-refractivity contribution is 0.262. The summed E-state index contributed by atoms with van der Waals surface area (Å²) in [5.74, 6) is 0.793. The molecule has 0 aliphatic carbocycles. The molecule has 0 saturated carbocycles. The van der Waals surface area contributed by atoms with E-state index in [1.165, 1.54) is 11.1 Å². The van der Waals surface area contributed by atoms with Gasteiger partial charge in [0.15, 0.2) is 0 Å². The summed E-state index contributed by atoms with van der Waals surface area (Å²) in [5.41, 5.74) is 2.57. The van der Waals surface area contributed by atoms with Crippen LogP contribution in [0.4, 0.5) is 0 Å². The molecule has 0 bridgehead atoms. The molecule has 0 aliphatic heterocycles. The fourth-order valence-electron chi connectivity index (χ4n) is 1.36. The lowest BCUT2D eigenvalue weighted by Crippen LogP contribution is -1.94. The molecule has 1 aromatic carbocycles. The molecule has 0 amide bonds. The molecule has 1 nitrogen and oxygen atoms in total.